The van der Waals surface area contributed by atoms with Crippen molar-refractivity contribution in [2.24, 2.45) is 0 Å². The van der Waals surface area contributed by atoms with Crippen LogP contribution in [-0.2, 0) is 0 Å². The van der Waals surface area contributed by atoms with Gasteiger partial charge in [0.1, 0.15) is 0 Å². The average Bonchev–Trinajstić information content (AvgIpc) is 2.47. The molecule has 0 aliphatic heterocycles. The summed E-state index contributed by atoms with van der Waals surface area (Å²) in [6.45, 7) is 11.9. The first-order valence-corrected chi connectivity index (χ1v) is 7.76. The van der Waals surface area contributed by atoms with Crippen LogP contribution in [0.25, 0.3) is 0 Å². The van der Waals surface area contributed by atoms with Gasteiger partial charge in [-0.3, -0.25) is 8.78 Å². The second-order valence-corrected chi connectivity index (χ2v) is 4.69. The van der Waals surface area contributed by atoms with E-state index >= 15 is 0 Å². The van der Waals surface area contributed by atoms with Crippen LogP contribution >= 0.6 is 0 Å². The van der Waals surface area contributed by atoms with Crippen molar-refractivity contribution in [1.29, 1.82) is 0 Å². The van der Waals surface area contributed by atoms with E-state index in [9.17, 15) is 8.78 Å². The Balaban J connectivity index is -0.0000000902. The molecule has 0 fully saturated rings. The summed E-state index contributed by atoms with van der Waals surface area (Å²) >= 11 is 0. The molecule has 0 bridgehead atoms. The van der Waals surface area contributed by atoms with Crippen molar-refractivity contribution >= 4 is 0 Å². The van der Waals surface area contributed by atoms with E-state index in [4.69, 9.17) is 0 Å². The zero-order chi connectivity index (χ0) is 16.8. The Morgan fingerprint density at radius 1 is 0.750 bits per heavy atom. The second kappa shape index (κ2) is 31.3. The van der Waals surface area contributed by atoms with E-state index in [-0.39, 0.29) is 6.67 Å². The summed E-state index contributed by atoms with van der Waals surface area (Å²) in [6.07, 6.45) is 4.16. The van der Waals surface area contributed by atoms with Crippen LogP contribution < -0.4 is 0 Å². The van der Waals surface area contributed by atoms with E-state index in [2.05, 4.69) is 58.6 Å². The fourth-order valence-electron chi connectivity index (χ4n) is 1.02. The number of unbranched alkanes of at least 4 members (excludes halogenated alkanes) is 2. The van der Waals surface area contributed by atoms with Gasteiger partial charge in [0, 0.05) is 0 Å². The normalized spacial score (nSPS) is 9.00. The Kier molecular flexibility index (Phi) is 43.8. The summed E-state index contributed by atoms with van der Waals surface area (Å²) in [5, 5.41) is 0. The maximum Gasteiger partial charge on any atom is 0.0894 e. The van der Waals surface area contributed by atoms with Gasteiger partial charge in [0.05, 0.1) is 13.9 Å². The van der Waals surface area contributed by atoms with Crippen LogP contribution in [0.4, 0.5) is 8.78 Å². The zero-order valence-corrected chi connectivity index (χ0v) is 15.3. The first kappa shape index (κ1) is 28.0. The maximum atomic E-state index is 11.2. The smallest absolute Gasteiger partial charge is 0.0894 e. The van der Waals surface area contributed by atoms with Gasteiger partial charge in [0.15, 0.2) is 0 Å². The molecule has 0 aliphatic rings. The molecule has 0 spiro atoms. The highest BCUT2D eigenvalue weighted by Crippen LogP contribution is 1.91. The summed E-state index contributed by atoms with van der Waals surface area (Å²) in [5.41, 5.74) is 0. The first-order chi connectivity index (χ1) is 9.49. The van der Waals surface area contributed by atoms with Crippen LogP contribution in [-0.4, -0.2) is 64.4 Å². The Morgan fingerprint density at radius 2 is 1.20 bits per heavy atom. The molecule has 0 aromatic rings. The number of nitrogens with zero attached hydrogens (tertiary/aromatic N) is 2. The van der Waals surface area contributed by atoms with E-state index < -0.39 is 0 Å². The molecule has 128 valence electrons. The summed E-state index contributed by atoms with van der Waals surface area (Å²) in [5.74, 6) is 0. The number of halogens is 2. The Bertz CT molecular complexity index is 115. The highest BCUT2D eigenvalue weighted by Gasteiger charge is 1.81. The minimum Gasteiger partial charge on any atom is -0.309 e. The predicted molar refractivity (Wildman–Crippen MR) is 90.2 cm³/mol. The molecule has 0 amide bonds. The maximum absolute atomic E-state index is 11.2. The number of rotatable bonds is 7. The van der Waals surface area contributed by atoms with Gasteiger partial charge in [-0.05, 0) is 53.6 Å². The summed E-state index contributed by atoms with van der Waals surface area (Å²) in [4.78, 5) is 4.43. The average molecular weight is 299 g/mol. The minimum absolute atomic E-state index is 0.145. The molecule has 0 unspecified atom stereocenters. The highest BCUT2D eigenvalue weighted by atomic mass is 19.1. The lowest BCUT2D eigenvalue weighted by Gasteiger charge is -2.07. The largest absolute Gasteiger partial charge is 0.309 e. The van der Waals surface area contributed by atoms with Crippen LogP contribution in [0.1, 0.15) is 53.4 Å². The quantitative estimate of drug-likeness (QED) is 0.631. The van der Waals surface area contributed by atoms with Crippen LogP contribution in [0, 0.1) is 0 Å². The molecule has 0 aromatic heterocycles. The fourth-order valence-corrected chi connectivity index (χ4v) is 1.02. The van der Waals surface area contributed by atoms with Gasteiger partial charge >= 0.3 is 0 Å². The fraction of sp³-hybridized carbons (Fsp3) is 1.00. The predicted octanol–water partition coefficient (Wildman–Crippen LogP) is 4.65. The topological polar surface area (TPSA) is 6.48 Å². The molecule has 0 rings (SSSR count). The molecule has 2 nitrogen and oxygen atoms in total. The van der Waals surface area contributed by atoms with Crippen molar-refractivity contribution in [2.75, 3.05) is 54.6 Å². The third-order valence-electron chi connectivity index (χ3n) is 2.49. The van der Waals surface area contributed by atoms with Crippen molar-refractivity contribution in [3.63, 3.8) is 0 Å². The van der Waals surface area contributed by atoms with Crippen molar-refractivity contribution in [1.82, 2.24) is 9.80 Å². The SMILES string of the molecule is CCCCCF.CCCN(C)C.CCN(C)CC.CF. The molecule has 0 radical (unpaired) electrons. The van der Waals surface area contributed by atoms with E-state index in [0.29, 0.717) is 7.18 Å². The molecule has 20 heavy (non-hydrogen) atoms. The summed E-state index contributed by atoms with van der Waals surface area (Å²) in [6, 6.07) is 0. The highest BCUT2D eigenvalue weighted by molar-refractivity contribution is 4.36. The molecule has 0 saturated heterocycles. The van der Waals surface area contributed by atoms with Crippen molar-refractivity contribution in [3.05, 3.63) is 0 Å². The number of hydrogen-bond donors (Lipinski definition) is 0. The molecule has 0 saturated carbocycles. The third kappa shape index (κ3) is 52.3. The van der Waals surface area contributed by atoms with Gasteiger partial charge in [-0.1, -0.05) is 40.5 Å². The lowest BCUT2D eigenvalue weighted by molar-refractivity contribution is 0.373. The van der Waals surface area contributed by atoms with Gasteiger partial charge in [0.25, 0.3) is 0 Å². The van der Waals surface area contributed by atoms with Crippen molar-refractivity contribution < 1.29 is 8.78 Å². The van der Waals surface area contributed by atoms with Crippen molar-refractivity contribution in [3.8, 4) is 0 Å². The third-order valence-corrected chi connectivity index (χ3v) is 2.49. The van der Waals surface area contributed by atoms with Gasteiger partial charge < -0.3 is 9.80 Å². The number of hydrogen-bond acceptors (Lipinski definition) is 2. The standard InChI is InChI=1S/C5H11F.2C5H13N.CH3F/c1-2-3-4-5-6;1-4-5-6(2)3;1-4-6(3)5-2;1-2/h2-5H2,1H3;2*4-5H2,1-3H3;1H3. The van der Waals surface area contributed by atoms with Crippen LogP contribution in [0.15, 0.2) is 0 Å². The zero-order valence-electron chi connectivity index (χ0n) is 15.3. The molecule has 0 aromatic carbocycles. The van der Waals surface area contributed by atoms with E-state index in [0.717, 1.165) is 32.4 Å². The van der Waals surface area contributed by atoms with E-state index in [1.807, 2.05) is 0 Å². The Morgan fingerprint density at radius 3 is 1.25 bits per heavy atom. The van der Waals surface area contributed by atoms with Gasteiger partial charge in [0.2, 0.25) is 0 Å². The lowest BCUT2D eigenvalue weighted by Crippen LogP contribution is -2.15. The number of alkyl halides is 2. The first-order valence-electron chi connectivity index (χ1n) is 7.76. The Hall–Kier alpha value is -0.220. The minimum atomic E-state index is -0.145. The molecular formula is C16H40F2N2. The van der Waals surface area contributed by atoms with Crippen LogP contribution in [0.5, 0.6) is 0 Å². The van der Waals surface area contributed by atoms with Gasteiger partial charge in [-0.2, -0.15) is 0 Å². The summed E-state index contributed by atoms with van der Waals surface area (Å²) in [7, 11) is 6.78. The second-order valence-electron chi connectivity index (χ2n) is 4.69. The summed E-state index contributed by atoms with van der Waals surface area (Å²) < 4.78 is 20.7. The molecular weight excluding hydrogens is 258 g/mol. The molecule has 0 atom stereocenters. The van der Waals surface area contributed by atoms with Crippen LogP contribution in [0.2, 0.25) is 0 Å². The van der Waals surface area contributed by atoms with Gasteiger partial charge in [-0.15, -0.1) is 0 Å². The van der Waals surface area contributed by atoms with Crippen molar-refractivity contribution in [2.45, 2.75) is 53.4 Å². The van der Waals surface area contributed by atoms with E-state index in [1.165, 1.54) is 13.0 Å². The Labute approximate surface area is 127 Å². The van der Waals surface area contributed by atoms with E-state index in [1.54, 1.807) is 0 Å². The lowest BCUT2D eigenvalue weighted by atomic mass is 10.3. The molecule has 0 N–H and O–H groups in total. The molecule has 0 aliphatic carbocycles. The monoisotopic (exact) mass is 298 g/mol. The van der Waals surface area contributed by atoms with Gasteiger partial charge in [-0.25, -0.2) is 0 Å². The van der Waals surface area contributed by atoms with Crippen LogP contribution in [0.3, 0.4) is 0 Å². The molecule has 4 heteroatoms. The molecule has 0 heterocycles.